The van der Waals surface area contributed by atoms with Gasteiger partial charge in [0.25, 0.3) is 5.91 Å². The lowest BCUT2D eigenvalue weighted by atomic mass is 10.1. The van der Waals surface area contributed by atoms with Crippen LogP contribution < -0.4 is 0 Å². The Kier molecular flexibility index (Phi) is 5.06. The Morgan fingerprint density at radius 1 is 1.44 bits per heavy atom. The van der Waals surface area contributed by atoms with E-state index < -0.39 is 0 Å². The van der Waals surface area contributed by atoms with Crippen molar-refractivity contribution in [3.05, 3.63) is 31.8 Å². The van der Waals surface area contributed by atoms with Gasteiger partial charge in [0, 0.05) is 21.6 Å². The third-order valence-corrected chi connectivity index (χ3v) is 4.87. The van der Waals surface area contributed by atoms with E-state index in [9.17, 15) is 4.79 Å². The Bertz CT molecular complexity index is 443. The molecule has 4 heteroatoms. The number of carbonyl (C=O) groups excluding carboxylic acids is 1. The molecule has 1 amide bonds. The minimum atomic E-state index is 0.118. The molecule has 1 aromatic carbocycles. The van der Waals surface area contributed by atoms with E-state index in [1.165, 1.54) is 25.7 Å². The highest BCUT2D eigenvalue weighted by atomic mass is 127. The van der Waals surface area contributed by atoms with Gasteiger partial charge in [-0.3, -0.25) is 4.79 Å². The van der Waals surface area contributed by atoms with Gasteiger partial charge in [-0.25, -0.2) is 0 Å². The maximum Gasteiger partial charge on any atom is 0.254 e. The topological polar surface area (TPSA) is 20.3 Å². The Morgan fingerprint density at radius 2 is 2.11 bits per heavy atom. The second-order valence-corrected chi connectivity index (χ2v) is 7.06. The van der Waals surface area contributed by atoms with Crippen LogP contribution in [0.2, 0.25) is 0 Å². The number of nitrogens with zero attached hydrogens (tertiary/aromatic N) is 1. The van der Waals surface area contributed by atoms with E-state index in [1.807, 2.05) is 30.1 Å². The second-order valence-electron chi connectivity index (χ2n) is 4.96. The fourth-order valence-electron chi connectivity index (χ4n) is 2.53. The van der Waals surface area contributed by atoms with E-state index in [2.05, 4.69) is 38.5 Å². The standard InChI is InChI=1S/C14H17BrINO/c1-17(9-10-4-2-3-5-10)14(18)12-8-11(16)6-7-13(12)15/h6-8,10H,2-5,9H2,1H3. The van der Waals surface area contributed by atoms with Crippen LogP contribution in [0.5, 0.6) is 0 Å². The van der Waals surface area contributed by atoms with Crippen molar-refractivity contribution >= 4 is 44.4 Å². The van der Waals surface area contributed by atoms with E-state index in [0.29, 0.717) is 5.92 Å². The maximum absolute atomic E-state index is 12.4. The van der Waals surface area contributed by atoms with Crippen LogP contribution in [-0.2, 0) is 0 Å². The molecule has 0 N–H and O–H groups in total. The van der Waals surface area contributed by atoms with E-state index in [4.69, 9.17) is 0 Å². The van der Waals surface area contributed by atoms with Crippen LogP contribution in [0.25, 0.3) is 0 Å². The fraction of sp³-hybridized carbons (Fsp3) is 0.500. The van der Waals surface area contributed by atoms with Gasteiger partial charge in [0.05, 0.1) is 5.56 Å². The number of carbonyl (C=O) groups is 1. The summed E-state index contributed by atoms with van der Waals surface area (Å²) < 4.78 is 1.97. The van der Waals surface area contributed by atoms with Gasteiger partial charge in [0.1, 0.15) is 0 Å². The predicted octanol–water partition coefficient (Wildman–Crippen LogP) is 4.32. The van der Waals surface area contributed by atoms with Crippen molar-refractivity contribution < 1.29 is 4.79 Å². The zero-order chi connectivity index (χ0) is 13.1. The van der Waals surface area contributed by atoms with Crippen LogP contribution in [0.3, 0.4) is 0 Å². The Morgan fingerprint density at radius 3 is 2.78 bits per heavy atom. The number of hydrogen-bond donors (Lipinski definition) is 0. The zero-order valence-electron chi connectivity index (χ0n) is 10.5. The summed E-state index contributed by atoms with van der Waals surface area (Å²) in [5.41, 5.74) is 0.766. The van der Waals surface area contributed by atoms with Crippen molar-refractivity contribution in [1.82, 2.24) is 4.90 Å². The number of rotatable bonds is 3. The molecule has 0 unspecified atom stereocenters. The number of amides is 1. The average molecular weight is 422 g/mol. The molecule has 0 spiro atoms. The first-order valence-electron chi connectivity index (χ1n) is 6.28. The molecule has 1 aliphatic rings. The van der Waals surface area contributed by atoms with Crippen LogP contribution in [0, 0.1) is 9.49 Å². The molecule has 0 heterocycles. The molecule has 1 fully saturated rings. The van der Waals surface area contributed by atoms with Gasteiger partial charge >= 0.3 is 0 Å². The highest BCUT2D eigenvalue weighted by molar-refractivity contribution is 14.1. The third kappa shape index (κ3) is 3.47. The highest BCUT2D eigenvalue weighted by Crippen LogP contribution is 2.26. The molecule has 98 valence electrons. The van der Waals surface area contributed by atoms with Crippen LogP contribution in [0.1, 0.15) is 36.0 Å². The minimum Gasteiger partial charge on any atom is -0.341 e. The third-order valence-electron chi connectivity index (χ3n) is 3.51. The summed E-state index contributed by atoms with van der Waals surface area (Å²) in [7, 11) is 1.91. The summed E-state index contributed by atoms with van der Waals surface area (Å²) in [5.74, 6) is 0.813. The Hall–Kier alpha value is -0.100. The zero-order valence-corrected chi connectivity index (χ0v) is 14.2. The van der Waals surface area contributed by atoms with Gasteiger partial charge in [0.15, 0.2) is 0 Å². The molecule has 2 rings (SSSR count). The van der Waals surface area contributed by atoms with Crippen molar-refractivity contribution in [1.29, 1.82) is 0 Å². The smallest absolute Gasteiger partial charge is 0.254 e. The maximum atomic E-state index is 12.4. The normalized spacial score (nSPS) is 15.9. The molecular formula is C14H17BrINO. The molecule has 18 heavy (non-hydrogen) atoms. The molecule has 0 aromatic heterocycles. The summed E-state index contributed by atoms with van der Waals surface area (Å²) in [6.07, 6.45) is 5.18. The molecule has 1 aromatic rings. The number of benzene rings is 1. The molecule has 0 radical (unpaired) electrons. The van der Waals surface area contributed by atoms with Gasteiger partial charge in [-0.05, 0) is 75.5 Å². The summed E-state index contributed by atoms with van der Waals surface area (Å²) >= 11 is 5.70. The van der Waals surface area contributed by atoms with E-state index >= 15 is 0 Å². The molecular weight excluding hydrogens is 405 g/mol. The van der Waals surface area contributed by atoms with Crippen molar-refractivity contribution in [2.45, 2.75) is 25.7 Å². The largest absolute Gasteiger partial charge is 0.341 e. The quantitative estimate of drug-likeness (QED) is 0.665. The van der Waals surface area contributed by atoms with Gasteiger partial charge < -0.3 is 4.90 Å². The summed E-state index contributed by atoms with van der Waals surface area (Å²) in [6.45, 7) is 0.886. The van der Waals surface area contributed by atoms with E-state index in [-0.39, 0.29) is 5.91 Å². The van der Waals surface area contributed by atoms with Gasteiger partial charge in [-0.15, -0.1) is 0 Å². The average Bonchev–Trinajstić information content (AvgIpc) is 2.84. The van der Waals surface area contributed by atoms with Gasteiger partial charge in [-0.2, -0.15) is 0 Å². The molecule has 0 saturated heterocycles. The van der Waals surface area contributed by atoms with Gasteiger partial charge in [0.2, 0.25) is 0 Å². The molecule has 0 atom stereocenters. The Balaban J connectivity index is 2.07. The first-order chi connectivity index (χ1) is 8.58. The second kappa shape index (κ2) is 6.37. The summed E-state index contributed by atoms with van der Waals surface area (Å²) in [6, 6.07) is 5.88. The van der Waals surface area contributed by atoms with Crippen LogP contribution in [0.15, 0.2) is 22.7 Å². The first kappa shape index (κ1) is 14.3. The molecule has 1 saturated carbocycles. The number of halogens is 2. The lowest BCUT2D eigenvalue weighted by molar-refractivity contribution is 0.0772. The molecule has 2 nitrogen and oxygen atoms in total. The first-order valence-corrected chi connectivity index (χ1v) is 8.15. The van der Waals surface area contributed by atoms with Crippen molar-refractivity contribution in [3.63, 3.8) is 0 Å². The number of hydrogen-bond acceptors (Lipinski definition) is 1. The van der Waals surface area contributed by atoms with Gasteiger partial charge in [-0.1, -0.05) is 12.8 Å². The lowest BCUT2D eigenvalue weighted by Gasteiger charge is -2.21. The minimum absolute atomic E-state index is 0.118. The molecule has 0 bridgehead atoms. The SMILES string of the molecule is CN(CC1CCCC1)C(=O)c1cc(I)ccc1Br. The van der Waals surface area contributed by atoms with E-state index in [1.54, 1.807) is 0 Å². The molecule has 0 aliphatic heterocycles. The van der Waals surface area contributed by atoms with Crippen molar-refractivity contribution in [2.75, 3.05) is 13.6 Å². The predicted molar refractivity (Wildman–Crippen MR) is 85.8 cm³/mol. The summed E-state index contributed by atoms with van der Waals surface area (Å²) in [4.78, 5) is 14.3. The Labute approximate surface area is 130 Å². The highest BCUT2D eigenvalue weighted by Gasteiger charge is 2.21. The molecule has 1 aliphatic carbocycles. The van der Waals surface area contributed by atoms with E-state index in [0.717, 1.165) is 20.2 Å². The monoisotopic (exact) mass is 421 g/mol. The van der Waals surface area contributed by atoms with Crippen LogP contribution in [0.4, 0.5) is 0 Å². The fourth-order valence-corrected chi connectivity index (χ4v) is 3.44. The van der Waals surface area contributed by atoms with Crippen molar-refractivity contribution in [3.8, 4) is 0 Å². The van der Waals surface area contributed by atoms with Crippen LogP contribution >= 0.6 is 38.5 Å². The van der Waals surface area contributed by atoms with Crippen molar-refractivity contribution in [2.24, 2.45) is 5.92 Å². The summed E-state index contributed by atoms with van der Waals surface area (Å²) in [5, 5.41) is 0. The lowest BCUT2D eigenvalue weighted by Crippen LogP contribution is -2.31. The van der Waals surface area contributed by atoms with Crippen LogP contribution in [-0.4, -0.2) is 24.4 Å².